The molecular formula is C21H21Cl2N5O3S. The van der Waals surface area contributed by atoms with Gasteiger partial charge in [0, 0.05) is 24.4 Å². The van der Waals surface area contributed by atoms with Crippen LogP contribution >= 0.6 is 35.0 Å². The Kier molecular flexibility index (Phi) is 8.00. The van der Waals surface area contributed by atoms with Crippen LogP contribution in [0.1, 0.15) is 29.1 Å². The molecule has 0 bridgehead atoms. The van der Waals surface area contributed by atoms with Crippen molar-refractivity contribution in [3.63, 3.8) is 0 Å². The highest BCUT2D eigenvalue weighted by Gasteiger charge is 2.19. The van der Waals surface area contributed by atoms with E-state index in [-0.39, 0.29) is 17.6 Å². The van der Waals surface area contributed by atoms with Crippen molar-refractivity contribution in [2.75, 3.05) is 18.2 Å². The van der Waals surface area contributed by atoms with Gasteiger partial charge in [-0.1, -0.05) is 41.0 Å². The van der Waals surface area contributed by atoms with E-state index in [1.54, 1.807) is 62.0 Å². The van der Waals surface area contributed by atoms with Gasteiger partial charge in [-0.3, -0.25) is 9.59 Å². The number of rotatable bonds is 8. The van der Waals surface area contributed by atoms with Crippen LogP contribution < -0.4 is 15.4 Å². The van der Waals surface area contributed by atoms with Crippen molar-refractivity contribution in [1.29, 1.82) is 0 Å². The summed E-state index contributed by atoms with van der Waals surface area (Å²) in [5.41, 5.74) is 1.03. The van der Waals surface area contributed by atoms with E-state index in [0.717, 1.165) is 0 Å². The number of methoxy groups -OCH3 is 1. The number of thioether (sulfide) groups is 1. The first-order chi connectivity index (χ1) is 15.3. The van der Waals surface area contributed by atoms with Crippen LogP contribution in [-0.4, -0.2) is 39.4 Å². The minimum absolute atomic E-state index is 0.146. The lowest BCUT2D eigenvalue weighted by molar-refractivity contribution is -0.113. The third kappa shape index (κ3) is 5.93. The molecule has 1 heterocycles. The SMILES string of the molecule is COc1cccc(NC(=O)CSc2nnc([C@@H](C)NC(=O)c3ccc(Cl)c(Cl)c3)n2C)c1. The van der Waals surface area contributed by atoms with E-state index in [9.17, 15) is 9.59 Å². The average Bonchev–Trinajstić information content (AvgIpc) is 3.14. The number of nitrogens with one attached hydrogen (secondary N) is 2. The van der Waals surface area contributed by atoms with E-state index >= 15 is 0 Å². The molecule has 2 N–H and O–H groups in total. The molecule has 0 spiro atoms. The number of carbonyl (C=O) groups excluding carboxylic acids is 2. The highest BCUT2D eigenvalue weighted by Crippen LogP contribution is 2.24. The van der Waals surface area contributed by atoms with E-state index in [2.05, 4.69) is 20.8 Å². The molecule has 0 fully saturated rings. The van der Waals surface area contributed by atoms with Gasteiger partial charge in [-0.2, -0.15) is 0 Å². The summed E-state index contributed by atoms with van der Waals surface area (Å²) in [6, 6.07) is 11.4. The van der Waals surface area contributed by atoms with Gasteiger partial charge in [0.15, 0.2) is 11.0 Å². The van der Waals surface area contributed by atoms with Gasteiger partial charge in [-0.25, -0.2) is 0 Å². The Morgan fingerprint density at radius 1 is 1.16 bits per heavy atom. The fourth-order valence-corrected chi connectivity index (χ4v) is 3.86. The number of hydrogen-bond acceptors (Lipinski definition) is 6. The van der Waals surface area contributed by atoms with Crippen LogP contribution in [0.4, 0.5) is 5.69 Å². The predicted octanol–water partition coefficient (Wildman–Crippen LogP) is 4.35. The molecule has 3 rings (SSSR count). The molecule has 0 saturated carbocycles. The third-order valence-corrected chi connectivity index (χ3v) is 6.23. The minimum atomic E-state index is -0.422. The van der Waals surface area contributed by atoms with E-state index in [4.69, 9.17) is 27.9 Å². The predicted molar refractivity (Wildman–Crippen MR) is 126 cm³/mol. The maximum Gasteiger partial charge on any atom is 0.251 e. The highest BCUT2D eigenvalue weighted by molar-refractivity contribution is 7.99. The number of aromatic nitrogens is 3. The molecule has 2 amide bonds. The second-order valence-corrected chi connectivity index (χ2v) is 8.55. The molecule has 2 aromatic carbocycles. The number of anilines is 1. The quantitative estimate of drug-likeness (QED) is 0.452. The molecule has 3 aromatic rings. The average molecular weight is 494 g/mol. The lowest BCUT2D eigenvalue weighted by Crippen LogP contribution is -2.28. The van der Waals surface area contributed by atoms with Crippen molar-refractivity contribution < 1.29 is 14.3 Å². The molecule has 0 aliphatic heterocycles. The maximum absolute atomic E-state index is 12.5. The summed E-state index contributed by atoms with van der Waals surface area (Å²) in [4.78, 5) is 24.8. The first-order valence-electron chi connectivity index (χ1n) is 9.50. The first-order valence-corrected chi connectivity index (χ1v) is 11.2. The second kappa shape index (κ2) is 10.7. The summed E-state index contributed by atoms with van der Waals surface area (Å²) >= 11 is 13.1. The summed E-state index contributed by atoms with van der Waals surface area (Å²) in [5, 5.41) is 15.2. The molecule has 1 aromatic heterocycles. The number of benzene rings is 2. The fourth-order valence-electron chi connectivity index (χ4n) is 2.84. The van der Waals surface area contributed by atoms with Gasteiger partial charge in [0.2, 0.25) is 5.91 Å². The van der Waals surface area contributed by atoms with Crippen LogP contribution in [0.3, 0.4) is 0 Å². The number of carbonyl (C=O) groups is 2. The van der Waals surface area contributed by atoms with Crippen LogP contribution in [0.15, 0.2) is 47.6 Å². The number of amides is 2. The van der Waals surface area contributed by atoms with Crippen molar-refractivity contribution in [3.05, 3.63) is 63.9 Å². The van der Waals surface area contributed by atoms with E-state index < -0.39 is 6.04 Å². The molecular weight excluding hydrogens is 473 g/mol. The fraction of sp³-hybridized carbons (Fsp3) is 0.238. The molecule has 32 heavy (non-hydrogen) atoms. The zero-order chi connectivity index (χ0) is 23.3. The van der Waals surface area contributed by atoms with Crippen molar-refractivity contribution in [2.24, 2.45) is 7.05 Å². The van der Waals surface area contributed by atoms with Crippen molar-refractivity contribution >= 4 is 52.5 Å². The van der Waals surface area contributed by atoms with E-state index in [1.807, 2.05) is 0 Å². The Hall–Kier alpha value is -2.75. The zero-order valence-corrected chi connectivity index (χ0v) is 19.9. The van der Waals surface area contributed by atoms with Gasteiger partial charge >= 0.3 is 0 Å². The van der Waals surface area contributed by atoms with Crippen LogP contribution in [-0.2, 0) is 11.8 Å². The summed E-state index contributed by atoms with van der Waals surface area (Å²) in [6.07, 6.45) is 0. The van der Waals surface area contributed by atoms with Crippen molar-refractivity contribution in [1.82, 2.24) is 20.1 Å². The molecule has 0 radical (unpaired) electrons. The zero-order valence-electron chi connectivity index (χ0n) is 17.6. The van der Waals surface area contributed by atoms with Crippen LogP contribution in [0.2, 0.25) is 10.0 Å². The molecule has 8 nitrogen and oxygen atoms in total. The lowest BCUT2D eigenvalue weighted by Gasteiger charge is -2.14. The number of halogens is 2. The third-order valence-electron chi connectivity index (χ3n) is 4.47. The van der Waals surface area contributed by atoms with E-state index in [0.29, 0.717) is 38.0 Å². The van der Waals surface area contributed by atoms with Gasteiger partial charge in [0.25, 0.3) is 5.91 Å². The van der Waals surface area contributed by atoms with Gasteiger partial charge in [0.1, 0.15) is 5.75 Å². The Morgan fingerprint density at radius 3 is 2.66 bits per heavy atom. The topological polar surface area (TPSA) is 98.1 Å². The standard InChI is InChI=1S/C21H21Cl2N5O3S/c1-12(24-20(30)13-7-8-16(22)17(23)9-13)19-26-27-21(28(19)2)32-11-18(29)25-14-5-4-6-15(10-14)31-3/h4-10,12H,11H2,1-3H3,(H,24,30)(H,25,29)/t12-/m1/s1. The van der Waals surface area contributed by atoms with E-state index in [1.165, 1.54) is 17.8 Å². The lowest BCUT2D eigenvalue weighted by atomic mass is 10.2. The monoisotopic (exact) mass is 493 g/mol. The highest BCUT2D eigenvalue weighted by atomic mass is 35.5. The number of nitrogens with zero attached hydrogens (tertiary/aromatic N) is 3. The number of hydrogen-bond donors (Lipinski definition) is 2. The Labute approximate surface area is 199 Å². The summed E-state index contributed by atoms with van der Waals surface area (Å²) < 4.78 is 6.89. The smallest absolute Gasteiger partial charge is 0.251 e. The van der Waals surface area contributed by atoms with Crippen LogP contribution in [0.5, 0.6) is 5.75 Å². The largest absolute Gasteiger partial charge is 0.497 e. The van der Waals surface area contributed by atoms with Crippen molar-refractivity contribution in [3.8, 4) is 5.75 Å². The maximum atomic E-state index is 12.5. The molecule has 0 aliphatic carbocycles. The molecule has 168 valence electrons. The number of ether oxygens (including phenoxy) is 1. The molecule has 11 heteroatoms. The van der Waals surface area contributed by atoms with Gasteiger partial charge in [-0.05, 0) is 37.3 Å². The Balaban J connectivity index is 1.58. The van der Waals surface area contributed by atoms with Gasteiger partial charge < -0.3 is 19.9 Å². The van der Waals surface area contributed by atoms with Crippen LogP contribution in [0, 0.1) is 0 Å². The molecule has 0 saturated heterocycles. The van der Waals surface area contributed by atoms with Gasteiger partial charge in [0.05, 0.1) is 28.9 Å². The molecule has 0 unspecified atom stereocenters. The molecule has 0 aliphatic rings. The minimum Gasteiger partial charge on any atom is -0.497 e. The van der Waals surface area contributed by atoms with Crippen LogP contribution in [0.25, 0.3) is 0 Å². The van der Waals surface area contributed by atoms with Gasteiger partial charge in [-0.15, -0.1) is 10.2 Å². The Morgan fingerprint density at radius 2 is 1.94 bits per heavy atom. The Bertz CT molecular complexity index is 1140. The second-order valence-electron chi connectivity index (χ2n) is 6.79. The summed E-state index contributed by atoms with van der Waals surface area (Å²) in [5.74, 6) is 0.854. The normalized spacial score (nSPS) is 11.7. The summed E-state index contributed by atoms with van der Waals surface area (Å²) in [6.45, 7) is 1.80. The first kappa shape index (κ1) is 23.9. The molecule has 1 atom stereocenters. The summed E-state index contributed by atoms with van der Waals surface area (Å²) in [7, 11) is 3.34. The van der Waals surface area contributed by atoms with Crippen molar-refractivity contribution in [2.45, 2.75) is 18.1 Å².